The number of rotatable bonds is 7. The molecular formula is C16H22ClN3O3. The van der Waals surface area contributed by atoms with Crippen molar-refractivity contribution in [1.82, 2.24) is 15.5 Å². The van der Waals surface area contributed by atoms with E-state index in [0.717, 1.165) is 12.0 Å². The summed E-state index contributed by atoms with van der Waals surface area (Å²) in [6, 6.07) is 5.97. The lowest BCUT2D eigenvalue weighted by molar-refractivity contribution is 0.355. The normalized spacial score (nSPS) is 12.0. The van der Waals surface area contributed by atoms with E-state index in [1.54, 1.807) is 20.3 Å². The predicted molar refractivity (Wildman–Crippen MR) is 92.2 cm³/mol. The summed E-state index contributed by atoms with van der Waals surface area (Å²) in [5.74, 6) is 2.54. The van der Waals surface area contributed by atoms with Gasteiger partial charge in [0.1, 0.15) is 0 Å². The average Bonchev–Trinajstić information content (AvgIpc) is 2.99. The molecule has 0 aliphatic carbocycles. The van der Waals surface area contributed by atoms with Gasteiger partial charge in [0.2, 0.25) is 0 Å². The Morgan fingerprint density at radius 3 is 2.61 bits per heavy atom. The van der Waals surface area contributed by atoms with E-state index in [9.17, 15) is 0 Å². The maximum absolute atomic E-state index is 5.27. The van der Waals surface area contributed by atoms with Crippen LogP contribution in [-0.4, -0.2) is 37.4 Å². The molecule has 1 unspecified atom stereocenters. The topological polar surface area (TPSA) is 69.4 Å². The van der Waals surface area contributed by atoms with Gasteiger partial charge in [-0.2, -0.15) is 4.98 Å². The molecule has 1 N–H and O–H groups in total. The quantitative estimate of drug-likeness (QED) is 0.836. The lowest BCUT2D eigenvalue weighted by atomic mass is 10.2. The van der Waals surface area contributed by atoms with E-state index >= 15 is 0 Å². The van der Waals surface area contributed by atoms with Crippen molar-refractivity contribution in [3.8, 4) is 11.5 Å². The fraction of sp³-hybridized carbons (Fsp3) is 0.375. The Morgan fingerprint density at radius 1 is 1.22 bits per heavy atom. The minimum atomic E-state index is 0. The molecule has 0 amide bonds. The molecule has 0 fully saturated rings. The first-order chi connectivity index (χ1) is 10.7. The highest BCUT2D eigenvalue weighted by molar-refractivity contribution is 5.85. The van der Waals surface area contributed by atoms with Crippen LogP contribution in [0.4, 0.5) is 0 Å². The number of benzene rings is 1. The lowest BCUT2D eigenvalue weighted by Gasteiger charge is -2.07. The van der Waals surface area contributed by atoms with Crippen molar-refractivity contribution in [3.63, 3.8) is 0 Å². The van der Waals surface area contributed by atoms with Crippen molar-refractivity contribution in [2.45, 2.75) is 19.4 Å². The molecule has 1 heterocycles. The molecule has 0 aliphatic heterocycles. The number of methoxy groups -OCH3 is 2. The van der Waals surface area contributed by atoms with E-state index in [-0.39, 0.29) is 12.4 Å². The molecule has 2 aromatic rings. The van der Waals surface area contributed by atoms with Gasteiger partial charge in [-0.1, -0.05) is 11.2 Å². The van der Waals surface area contributed by atoms with Gasteiger partial charge in [-0.05, 0) is 37.7 Å². The number of aromatic nitrogens is 2. The van der Waals surface area contributed by atoms with Gasteiger partial charge in [0, 0.05) is 18.5 Å². The van der Waals surface area contributed by atoms with Crippen LogP contribution in [0.2, 0.25) is 0 Å². The molecule has 0 bridgehead atoms. The first-order valence-electron chi connectivity index (χ1n) is 7.06. The third-order valence-electron chi connectivity index (χ3n) is 3.29. The molecule has 0 aliphatic rings. The van der Waals surface area contributed by atoms with Gasteiger partial charge < -0.3 is 19.3 Å². The first kappa shape index (κ1) is 19.0. The van der Waals surface area contributed by atoms with Crippen LogP contribution in [0, 0.1) is 0 Å². The first-order valence-corrected chi connectivity index (χ1v) is 7.06. The standard InChI is InChI=1S/C16H21N3O3.ClH/c1-11(17-2)9-15-18-16(22-19-15)8-6-12-5-7-13(20-3)14(10-12)21-4;/h5-8,10-11,17H,9H2,1-4H3;1H/b8-6+;. The van der Waals surface area contributed by atoms with E-state index in [0.29, 0.717) is 29.3 Å². The number of halogens is 1. The third-order valence-corrected chi connectivity index (χ3v) is 3.29. The van der Waals surface area contributed by atoms with Crippen molar-refractivity contribution < 1.29 is 14.0 Å². The largest absolute Gasteiger partial charge is 0.493 e. The highest BCUT2D eigenvalue weighted by Crippen LogP contribution is 2.28. The Bertz CT molecular complexity index is 643. The van der Waals surface area contributed by atoms with Crippen molar-refractivity contribution in [1.29, 1.82) is 0 Å². The lowest BCUT2D eigenvalue weighted by Crippen LogP contribution is -2.24. The Morgan fingerprint density at radius 2 is 1.96 bits per heavy atom. The third kappa shape index (κ3) is 5.26. The van der Waals surface area contributed by atoms with Crippen LogP contribution >= 0.6 is 12.4 Å². The van der Waals surface area contributed by atoms with Gasteiger partial charge in [-0.15, -0.1) is 12.4 Å². The second-order valence-corrected chi connectivity index (χ2v) is 4.89. The molecule has 1 aromatic carbocycles. The number of ether oxygens (including phenoxy) is 2. The zero-order valence-electron chi connectivity index (χ0n) is 13.7. The van der Waals surface area contributed by atoms with Crippen molar-refractivity contribution in [2.75, 3.05) is 21.3 Å². The van der Waals surface area contributed by atoms with Crippen LogP contribution in [-0.2, 0) is 6.42 Å². The van der Waals surface area contributed by atoms with Gasteiger partial charge in [0.05, 0.1) is 14.2 Å². The van der Waals surface area contributed by atoms with Crippen LogP contribution in [0.3, 0.4) is 0 Å². The summed E-state index contributed by atoms with van der Waals surface area (Å²) in [4.78, 5) is 4.33. The Labute approximate surface area is 142 Å². The Kier molecular flexibility index (Phi) is 7.57. The zero-order valence-corrected chi connectivity index (χ0v) is 14.5. The number of hydrogen-bond donors (Lipinski definition) is 1. The fourth-order valence-corrected chi connectivity index (χ4v) is 1.92. The summed E-state index contributed by atoms with van der Waals surface area (Å²) in [6.07, 6.45) is 4.40. The van der Waals surface area contributed by atoms with E-state index in [1.807, 2.05) is 31.3 Å². The summed E-state index contributed by atoms with van der Waals surface area (Å²) in [6.45, 7) is 2.06. The van der Waals surface area contributed by atoms with Crippen molar-refractivity contribution in [3.05, 3.63) is 35.5 Å². The minimum absolute atomic E-state index is 0. The van der Waals surface area contributed by atoms with E-state index in [2.05, 4.69) is 22.4 Å². The molecule has 1 atom stereocenters. The van der Waals surface area contributed by atoms with Gasteiger partial charge in [0.25, 0.3) is 5.89 Å². The van der Waals surface area contributed by atoms with Gasteiger partial charge in [-0.3, -0.25) is 0 Å². The molecule has 6 nitrogen and oxygen atoms in total. The van der Waals surface area contributed by atoms with Crippen molar-refractivity contribution >= 4 is 24.6 Å². The predicted octanol–water partition coefficient (Wildman–Crippen LogP) is 2.83. The van der Waals surface area contributed by atoms with Gasteiger partial charge >= 0.3 is 0 Å². The Hall–Kier alpha value is -2.05. The monoisotopic (exact) mass is 339 g/mol. The number of nitrogens with zero attached hydrogens (tertiary/aromatic N) is 2. The van der Waals surface area contributed by atoms with Crippen LogP contribution in [0.25, 0.3) is 12.2 Å². The summed E-state index contributed by atoms with van der Waals surface area (Å²) in [5, 5.41) is 7.09. The second-order valence-electron chi connectivity index (χ2n) is 4.89. The molecule has 1 aromatic heterocycles. The highest BCUT2D eigenvalue weighted by Gasteiger charge is 2.08. The molecule has 0 saturated heterocycles. The zero-order chi connectivity index (χ0) is 15.9. The van der Waals surface area contributed by atoms with E-state index in [1.165, 1.54) is 0 Å². The number of likely N-dealkylation sites (N-methyl/N-ethyl adjacent to an activating group) is 1. The molecule has 0 spiro atoms. The molecule has 2 rings (SSSR count). The van der Waals surface area contributed by atoms with Gasteiger partial charge in [-0.25, -0.2) is 0 Å². The summed E-state index contributed by atoms with van der Waals surface area (Å²) in [7, 11) is 5.13. The van der Waals surface area contributed by atoms with Crippen LogP contribution < -0.4 is 14.8 Å². The molecule has 7 heteroatoms. The van der Waals surface area contributed by atoms with Crippen LogP contribution in [0.1, 0.15) is 24.2 Å². The summed E-state index contributed by atoms with van der Waals surface area (Å²) < 4.78 is 15.7. The molecule has 126 valence electrons. The van der Waals surface area contributed by atoms with Crippen LogP contribution in [0.5, 0.6) is 11.5 Å². The van der Waals surface area contributed by atoms with Gasteiger partial charge in [0.15, 0.2) is 17.3 Å². The Balaban J connectivity index is 0.00000264. The number of nitrogens with one attached hydrogen (secondary N) is 1. The summed E-state index contributed by atoms with van der Waals surface area (Å²) in [5.41, 5.74) is 0.959. The molecule has 0 saturated carbocycles. The average molecular weight is 340 g/mol. The SMILES string of the molecule is CNC(C)Cc1noc(/C=C/c2ccc(OC)c(OC)c2)n1.Cl. The number of hydrogen-bond acceptors (Lipinski definition) is 6. The fourth-order valence-electron chi connectivity index (χ4n) is 1.92. The van der Waals surface area contributed by atoms with E-state index in [4.69, 9.17) is 14.0 Å². The minimum Gasteiger partial charge on any atom is -0.493 e. The maximum atomic E-state index is 5.27. The second kappa shape index (κ2) is 9.17. The highest BCUT2D eigenvalue weighted by atomic mass is 35.5. The summed E-state index contributed by atoms with van der Waals surface area (Å²) >= 11 is 0. The molecule has 0 radical (unpaired) electrons. The molecule has 23 heavy (non-hydrogen) atoms. The van der Waals surface area contributed by atoms with Crippen LogP contribution in [0.15, 0.2) is 22.7 Å². The molecular weight excluding hydrogens is 318 g/mol. The van der Waals surface area contributed by atoms with Crippen molar-refractivity contribution in [2.24, 2.45) is 0 Å². The maximum Gasteiger partial charge on any atom is 0.250 e. The van der Waals surface area contributed by atoms with E-state index < -0.39 is 0 Å². The smallest absolute Gasteiger partial charge is 0.250 e.